The summed E-state index contributed by atoms with van der Waals surface area (Å²) in [6.07, 6.45) is 0.0706. The summed E-state index contributed by atoms with van der Waals surface area (Å²) >= 11 is 0. The highest BCUT2D eigenvalue weighted by Crippen LogP contribution is 2.18. The molecule has 0 unspecified atom stereocenters. The van der Waals surface area contributed by atoms with Crippen LogP contribution in [0.25, 0.3) is 0 Å². The molecule has 2 rings (SSSR count). The number of benzene rings is 2. The third-order valence-electron chi connectivity index (χ3n) is 3.10. The van der Waals surface area contributed by atoms with Gasteiger partial charge in [-0.1, -0.05) is 30.3 Å². The van der Waals surface area contributed by atoms with Gasteiger partial charge in [-0.15, -0.1) is 0 Å². The van der Waals surface area contributed by atoms with Crippen LogP contribution in [0.1, 0.15) is 26.3 Å². The Kier molecular flexibility index (Phi) is 4.15. The van der Waals surface area contributed by atoms with E-state index in [9.17, 15) is 9.59 Å². The lowest BCUT2D eigenvalue weighted by Gasteiger charge is -2.09. The van der Waals surface area contributed by atoms with Crippen LogP contribution in [0.3, 0.4) is 0 Å². The Balaban J connectivity index is 2.31. The van der Waals surface area contributed by atoms with E-state index in [1.165, 1.54) is 6.07 Å². The number of carbonyl (C=O) groups excluding carboxylic acids is 1. The van der Waals surface area contributed by atoms with Crippen LogP contribution >= 0.6 is 0 Å². The van der Waals surface area contributed by atoms with Crippen molar-refractivity contribution in [1.82, 2.24) is 0 Å². The summed E-state index contributed by atoms with van der Waals surface area (Å²) in [6, 6.07) is 13.7. The van der Waals surface area contributed by atoms with E-state index in [1.54, 1.807) is 37.4 Å². The predicted molar refractivity (Wildman–Crippen MR) is 77.4 cm³/mol. The van der Waals surface area contributed by atoms with E-state index in [0.717, 1.165) is 5.69 Å². The van der Waals surface area contributed by atoms with Gasteiger partial charge in [-0.3, -0.25) is 4.79 Å². The second-order valence-corrected chi connectivity index (χ2v) is 4.36. The minimum Gasteiger partial charge on any atom is -0.478 e. The van der Waals surface area contributed by atoms with Gasteiger partial charge < -0.3 is 10.4 Å². The molecule has 0 atom stereocenters. The Hall–Kier alpha value is -2.62. The summed E-state index contributed by atoms with van der Waals surface area (Å²) in [4.78, 5) is 23.5. The highest BCUT2D eigenvalue weighted by atomic mass is 16.4. The zero-order chi connectivity index (χ0) is 14.5. The predicted octanol–water partition coefficient (Wildman–Crippen LogP) is 2.85. The topological polar surface area (TPSA) is 66.4 Å². The maximum atomic E-state index is 12.3. The molecule has 4 nitrogen and oxygen atoms in total. The molecule has 0 aromatic heterocycles. The largest absolute Gasteiger partial charge is 0.478 e. The van der Waals surface area contributed by atoms with Gasteiger partial charge in [0.25, 0.3) is 0 Å². The first-order valence-electron chi connectivity index (χ1n) is 6.24. The van der Waals surface area contributed by atoms with Crippen LogP contribution in [0.4, 0.5) is 5.69 Å². The minimum atomic E-state index is -1.02. The number of nitrogens with one attached hydrogen (secondary N) is 1. The zero-order valence-corrected chi connectivity index (χ0v) is 11.1. The molecule has 0 aliphatic carbocycles. The van der Waals surface area contributed by atoms with Gasteiger partial charge in [0.1, 0.15) is 0 Å². The number of rotatable bonds is 5. The number of hydrogen-bond acceptors (Lipinski definition) is 3. The molecule has 2 N–H and O–H groups in total. The van der Waals surface area contributed by atoms with Crippen molar-refractivity contribution >= 4 is 17.4 Å². The maximum absolute atomic E-state index is 12.3. The molecule has 0 fully saturated rings. The minimum absolute atomic E-state index is 0.0706. The standard InChI is InChI=1S/C16H15NO3/c1-17-14-9-5-4-8-13(14)15(18)10-11-6-2-3-7-12(11)16(19)20/h2-9,17H,10H2,1H3,(H,19,20). The van der Waals surface area contributed by atoms with Crippen LogP contribution in [0.15, 0.2) is 48.5 Å². The van der Waals surface area contributed by atoms with Crippen molar-refractivity contribution in [3.8, 4) is 0 Å². The van der Waals surface area contributed by atoms with Crippen molar-refractivity contribution in [2.45, 2.75) is 6.42 Å². The van der Waals surface area contributed by atoms with Gasteiger partial charge in [-0.2, -0.15) is 0 Å². The number of carboxylic acid groups (broad SMARTS) is 1. The molecule has 0 saturated heterocycles. The fraction of sp³-hybridized carbons (Fsp3) is 0.125. The third-order valence-corrected chi connectivity index (χ3v) is 3.10. The van der Waals surface area contributed by atoms with E-state index >= 15 is 0 Å². The van der Waals surface area contributed by atoms with Crippen molar-refractivity contribution in [2.75, 3.05) is 12.4 Å². The molecule has 2 aromatic rings. The highest BCUT2D eigenvalue weighted by Gasteiger charge is 2.15. The summed E-state index contributed by atoms with van der Waals surface area (Å²) in [5.74, 6) is -1.13. The zero-order valence-electron chi connectivity index (χ0n) is 11.1. The second kappa shape index (κ2) is 6.02. The average molecular weight is 269 g/mol. The fourth-order valence-corrected chi connectivity index (χ4v) is 2.10. The highest BCUT2D eigenvalue weighted by molar-refractivity contribution is 6.03. The molecule has 20 heavy (non-hydrogen) atoms. The van der Waals surface area contributed by atoms with Crippen molar-refractivity contribution in [1.29, 1.82) is 0 Å². The Labute approximate surface area is 117 Å². The Morgan fingerprint density at radius 2 is 1.60 bits per heavy atom. The number of para-hydroxylation sites is 1. The number of carboxylic acids is 1. The monoisotopic (exact) mass is 269 g/mol. The molecule has 0 saturated carbocycles. The Bertz CT molecular complexity index is 650. The van der Waals surface area contributed by atoms with E-state index in [0.29, 0.717) is 11.1 Å². The van der Waals surface area contributed by atoms with E-state index in [4.69, 9.17) is 5.11 Å². The van der Waals surface area contributed by atoms with E-state index < -0.39 is 5.97 Å². The molecule has 0 bridgehead atoms. The molecular weight excluding hydrogens is 254 g/mol. The molecule has 0 amide bonds. The number of hydrogen-bond donors (Lipinski definition) is 2. The number of aromatic carboxylic acids is 1. The van der Waals surface area contributed by atoms with Crippen LogP contribution in [0.2, 0.25) is 0 Å². The summed E-state index contributed by atoms with van der Waals surface area (Å²) in [6.45, 7) is 0. The molecule has 0 aliphatic rings. The third kappa shape index (κ3) is 2.85. The van der Waals surface area contributed by atoms with Gasteiger partial charge in [-0.05, 0) is 23.8 Å². The van der Waals surface area contributed by atoms with Gasteiger partial charge in [0.15, 0.2) is 5.78 Å². The Morgan fingerprint density at radius 3 is 2.25 bits per heavy atom. The Morgan fingerprint density at radius 1 is 1.00 bits per heavy atom. The lowest BCUT2D eigenvalue weighted by atomic mass is 9.98. The van der Waals surface area contributed by atoms with Crippen LogP contribution in [0.5, 0.6) is 0 Å². The molecule has 4 heteroatoms. The quantitative estimate of drug-likeness (QED) is 0.819. The number of ketones is 1. The van der Waals surface area contributed by atoms with Crippen molar-refractivity contribution in [3.63, 3.8) is 0 Å². The molecule has 0 heterocycles. The van der Waals surface area contributed by atoms with E-state index in [-0.39, 0.29) is 17.8 Å². The summed E-state index contributed by atoms with van der Waals surface area (Å²) in [5, 5.41) is 12.1. The lowest BCUT2D eigenvalue weighted by Crippen LogP contribution is -2.10. The van der Waals surface area contributed by atoms with E-state index in [2.05, 4.69) is 5.32 Å². The first-order valence-corrected chi connectivity index (χ1v) is 6.24. The van der Waals surface area contributed by atoms with Gasteiger partial charge in [0.2, 0.25) is 0 Å². The maximum Gasteiger partial charge on any atom is 0.335 e. The lowest BCUT2D eigenvalue weighted by molar-refractivity contribution is 0.0696. The van der Waals surface area contributed by atoms with Crippen LogP contribution < -0.4 is 5.32 Å². The van der Waals surface area contributed by atoms with Gasteiger partial charge in [0, 0.05) is 24.7 Å². The first-order chi connectivity index (χ1) is 9.63. The van der Waals surface area contributed by atoms with Crippen molar-refractivity contribution in [2.24, 2.45) is 0 Å². The van der Waals surface area contributed by atoms with Crippen molar-refractivity contribution in [3.05, 3.63) is 65.2 Å². The van der Waals surface area contributed by atoms with Crippen molar-refractivity contribution < 1.29 is 14.7 Å². The molecular formula is C16H15NO3. The SMILES string of the molecule is CNc1ccccc1C(=O)Cc1ccccc1C(=O)O. The van der Waals surface area contributed by atoms with Gasteiger partial charge >= 0.3 is 5.97 Å². The fourth-order valence-electron chi connectivity index (χ4n) is 2.10. The van der Waals surface area contributed by atoms with Crippen LogP contribution in [-0.2, 0) is 6.42 Å². The first kappa shape index (κ1) is 13.8. The normalized spacial score (nSPS) is 10.1. The molecule has 102 valence electrons. The number of carbonyl (C=O) groups is 2. The van der Waals surface area contributed by atoms with Gasteiger partial charge in [-0.25, -0.2) is 4.79 Å². The molecule has 0 radical (unpaired) electrons. The summed E-state index contributed by atoms with van der Waals surface area (Å²) < 4.78 is 0. The number of anilines is 1. The van der Waals surface area contributed by atoms with Gasteiger partial charge in [0.05, 0.1) is 5.56 Å². The molecule has 2 aromatic carbocycles. The molecule has 0 spiro atoms. The summed E-state index contributed by atoms with van der Waals surface area (Å²) in [5.41, 5.74) is 2.00. The number of Topliss-reactive ketones (excluding diaryl/α,β-unsaturated/α-hetero) is 1. The smallest absolute Gasteiger partial charge is 0.335 e. The summed E-state index contributed by atoms with van der Waals surface area (Å²) in [7, 11) is 1.75. The second-order valence-electron chi connectivity index (χ2n) is 4.36. The van der Waals surface area contributed by atoms with Crippen LogP contribution in [0, 0.1) is 0 Å². The van der Waals surface area contributed by atoms with E-state index in [1.807, 2.05) is 12.1 Å². The van der Waals surface area contributed by atoms with Crippen LogP contribution in [-0.4, -0.2) is 23.9 Å². The average Bonchev–Trinajstić information content (AvgIpc) is 2.47. The molecule has 0 aliphatic heterocycles.